The van der Waals surface area contributed by atoms with E-state index in [0.29, 0.717) is 70.8 Å². The number of ether oxygens (including phenoxy) is 5. The Morgan fingerprint density at radius 1 is 1.07 bits per heavy atom. The average Bonchev–Trinajstić information content (AvgIpc) is 3.38. The smallest absolute Gasteiger partial charge is 0.350 e. The minimum Gasteiger partial charge on any atom is -0.493 e. The molecule has 3 heterocycles. The molecule has 244 valence electrons. The van der Waals surface area contributed by atoms with E-state index in [2.05, 4.69) is 25.9 Å². The summed E-state index contributed by atoms with van der Waals surface area (Å²) in [5.41, 5.74) is 0.734. The van der Waals surface area contributed by atoms with E-state index in [1.165, 1.54) is 0 Å². The highest BCUT2D eigenvalue weighted by Gasteiger charge is 2.34. The van der Waals surface area contributed by atoms with Gasteiger partial charge in [0.1, 0.15) is 28.2 Å². The normalized spacial score (nSPS) is 14.8. The van der Waals surface area contributed by atoms with E-state index >= 15 is 0 Å². The van der Waals surface area contributed by atoms with Crippen molar-refractivity contribution in [3.8, 4) is 17.2 Å². The van der Waals surface area contributed by atoms with Gasteiger partial charge in [-0.3, -0.25) is 5.32 Å². The molecule has 0 aliphatic carbocycles. The summed E-state index contributed by atoms with van der Waals surface area (Å²) < 4.78 is 27.3. The molecule has 15 heteroatoms. The summed E-state index contributed by atoms with van der Waals surface area (Å²) in [4.78, 5) is 41.8. The summed E-state index contributed by atoms with van der Waals surface area (Å²) in [5, 5.41) is 10.2. The van der Waals surface area contributed by atoms with Gasteiger partial charge in [0.2, 0.25) is 11.7 Å². The zero-order chi connectivity index (χ0) is 32.7. The maximum atomic E-state index is 13.2. The summed E-state index contributed by atoms with van der Waals surface area (Å²) in [6, 6.07) is 4.86. The number of carbonyl (C=O) groups is 2. The second-order valence-corrected chi connectivity index (χ2v) is 12.0. The summed E-state index contributed by atoms with van der Waals surface area (Å²) in [6.45, 7) is 11.2. The van der Waals surface area contributed by atoms with Gasteiger partial charge < -0.3 is 39.2 Å². The Morgan fingerprint density at radius 2 is 1.78 bits per heavy atom. The van der Waals surface area contributed by atoms with Gasteiger partial charge in [0, 0.05) is 32.2 Å². The first-order chi connectivity index (χ1) is 21.5. The molecule has 1 aromatic carbocycles. The van der Waals surface area contributed by atoms with Crippen molar-refractivity contribution in [2.75, 3.05) is 63.1 Å². The number of benzene rings is 1. The van der Waals surface area contributed by atoms with E-state index in [1.54, 1.807) is 41.2 Å². The molecular weight excluding hydrogens is 602 g/mol. The van der Waals surface area contributed by atoms with Crippen LogP contribution < -0.4 is 35.1 Å². The number of rotatable bonds is 12. The lowest BCUT2D eigenvalue weighted by atomic mass is 10.1. The number of nitrogens with zero attached hydrogens (tertiary/aromatic N) is 4. The van der Waals surface area contributed by atoms with Crippen molar-refractivity contribution < 1.29 is 33.3 Å². The zero-order valence-corrected chi connectivity index (χ0v) is 27.7. The number of methoxy groups -OCH3 is 3. The molecule has 3 aromatic rings. The number of thiazole rings is 1. The van der Waals surface area contributed by atoms with Crippen molar-refractivity contribution in [2.24, 2.45) is 0 Å². The molecule has 1 aliphatic heterocycles. The van der Waals surface area contributed by atoms with Gasteiger partial charge in [-0.1, -0.05) is 11.3 Å². The molecule has 1 atom stereocenters. The Kier molecular flexibility index (Phi) is 10.9. The summed E-state index contributed by atoms with van der Waals surface area (Å²) >= 11 is 1.15. The van der Waals surface area contributed by atoms with Crippen molar-refractivity contribution in [1.82, 2.24) is 20.3 Å². The van der Waals surface area contributed by atoms with Gasteiger partial charge in [-0.2, -0.15) is 9.97 Å². The Morgan fingerprint density at radius 3 is 2.40 bits per heavy atom. The molecule has 1 fully saturated rings. The second-order valence-electron chi connectivity index (χ2n) is 11.0. The van der Waals surface area contributed by atoms with Crippen molar-refractivity contribution in [2.45, 2.75) is 52.8 Å². The van der Waals surface area contributed by atoms with Crippen LogP contribution in [-0.4, -0.2) is 86.1 Å². The SMILES string of the molecule is CCOC(=O)c1sc(Nc2nc(NCc3cc(OC)c(OC)c(OC)c3)cc(N3CCNCC3C(=O)OC(C)(C)C)n2)nc1C. The Bertz CT molecular complexity index is 1480. The number of anilines is 4. The topological polar surface area (TPSA) is 158 Å². The first kappa shape index (κ1) is 33.5. The van der Waals surface area contributed by atoms with Crippen LogP contribution in [0.4, 0.5) is 22.7 Å². The number of piperazine rings is 1. The highest BCUT2D eigenvalue weighted by Crippen LogP contribution is 2.38. The maximum absolute atomic E-state index is 13.2. The molecule has 0 spiro atoms. The third-order valence-corrected chi connectivity index (χ3v) is 7.66. The van der Waals surface area contributed by atoms with Crippen molar-refractivity contribution in [3.63, 3.8) is 0 Å². The van der Waals surface area contributed by atoms with Crippen LogP contribution >= 0.6 is 11.3 Å². The van der Waals surface area contributed by atoms with E-state index in [9.17, 15) is 9.59 Å². The lowest BCUT2D eigenvalue weighted by Gasteiger charge is -2.37. The van der Waals surface area contributed by atoms with E-state index in [1.807, 2.05) is 37.8 Å². The minimum atomic E-state index is -0.648. The molecule has 3 N–H and O–H groups in total. The molecule has 2 aromatic heterocycles. The molecule has 0 amide bonds. The van der Waals surface area contributed by atoms with Crippen LogP contribution in [0.5, 0.6) is 17.2 Å². The number of hydrogen-bond donors (Lipinski definition) is 3. The number of hydrogen-bond acceptors (Lipinski definition) is 15. The zero-order valence-electron chi connectivity index (χ0n) is 26.9. The van der Waals surface area contributed by atoms with Gasteiger partial charge in [0.15, 0.2) is 16.6 Å². The molecule has 4 rings (SSSR count). The molecule has 0 saturated carbocycles. The van der Waals surface area contributed by atoms with Crippen LogP contribution in [0.3, 0.4) is 0 Å². The lowest BCUT2D eigenvalue weighted by molar-refractivity contribution is -0.156. The summed E-state index contributed by atoms with van der Waals surface area (Å²) in [5.74, 6) is 1.97. The van der Waals surface area contributed by atoms with Gasteiger partial charge in [-0.05, 0) is 52.3 Å². The van der Waals surface area contributed by atoms with Crippen LogP contribution in [-0.2, 0) is 20.8 Å². The third kappa shape index (κ3) is 8.42. The fraction of sp³-hybridized carbons (Fsp3) is 0.500. The van der Waals surface area contributed by atoms with Crippen molar-refractivity contribution in [1.29, 1.82) is 0 Å². The number of aromatic nitrogens is 3. The lowest BCUT2D eigenvalue weighted by Crippen LogP contribution is -2.56. The summed E-state index contributed by atoms with van der Waals surface area (Å²) in [7, 11) is 4.67. The Hall–Kier alpha value is -4.37. The first-order valence-corrected chi connectivity index (χ1v) is 15.3. The van der Waals surface area contributed by atoms with Crippen LogP contribution in [0.1, 0.15) is 48.6 Å². The quantitative estimate of drug-likeness (QED) is 0.244. The first-order valence-electron chi connectivity index (χ1n) is 14.5. The standard InChI is InChI=1S/C30H41N7O7S/c1-9-43-27(39)25-17(2)33-29(45-25)36-28-34-22(32-15-18-12-20(40-6)24(42-8)21(13-18)41-7)14-23(35-28)37-11-10-31-16-19(37)26(38)44-30(3,4)5/h12-14,19,31H,9-11,15-16H2,1-8H3,(H2,32,33,34,35,36). The Labute approximate surface area is 266 Å². The monoisotopic (exact) mass is 643 g/mol. The predicted octanol–water partition coefficient (Wildman–Crippen LogP) is 3.92. The molecule has 1 unspecified atom stereocenters. The fourth-order valence-corrected chi connectivity index (χ4v) is 5.50. The third-order valence-electron chi connectivity index (χ3n) is 6.60. The molecule has 0 bridgehead atoms. The van der Waals surface area contributed by atoms with Gasteiger partial charge >= 0.3 is 11.9 Å². The molecule has 1 aliphatic rings. The van der Waals surface area contributed by atoms with Crippen molar-refractivity contribution >= 4 is 46.0 Å². The van der Waals surface area contributed by atoms with Gasteiger partial charge in [0.05, 0.1) is 33.6 Å². The maximum Gasteiger partial charge on any atom is 0.350 e. The molecule has 0 radical (unpaired) electrons. The highest BCUT2D eigenvalue weighted by molar-refractivity contribution is 7.17. The van der Waals surface area contributed by atoms with E-state index in [-0.39, 0.29) is 18.5 Å². The predicted molar refractivity (Wildman–Crippen MR) is 171 cm³/mol. The van der Waals surface area contributed by atoms with Crippen LogP contribution in [0.25, 0.3) is 0 Å². The van der Waals surface area contributed by atoms with E-state index in [4.69, 9.17) is 28.7 Å². The van der Waals surface area contributed by atoms with E-state index < -0.39 is 17.6 Å². The van der Waals surface area contributed by atoms with Gasteiger partial charge in [-0.15, -0.1) is 0 Å². The number of esters is 2. The minimum absolute atomic E-state index is 0.227. The van der Waals surface area contributed by atoms with Crippen LogP contribution in [0.2, 0.25) is 0 Å². The van der Waals surface area contributed by atoms with E-state index in [0.717, 1.165) is 16.9 Å². The summed E-state index contributed by atoms with van der Waals surface area (Å²) in [6.07, 6.45) is 0. The Balaban J connectivity index is 1.69. The average molecular weight is 644 g/mol. The highest BCUT2D eigenvalue weighted by atomic mass is 32.1. The largest absolute Gasteiger partial charge is 0.493 e. The number of carbonyl (C=O) groups excluding carboxylic acids is 2. The second kappa shape index (κ2) is 14.6. The van der Waals surface area contributed by atoms with Crippen LogP contribution in [0.15, 0.2) is 18.2 Å². The molecule has 1 saturated heterocycles. The molecular formula is C30H41N7O7S. The number of aryl methyl sites for hydroxylation is 1. The molecule has 45 heavy (non-hydrogen) atoms. The van der Waals surface area contributed by atoms with Crippen molar-refractivity contribution in [3.05, 3.63) is 34.3 Å². The fourth-order valence-electron chi connectivity index (χ4n) is 4.65. The van der Waals surface area contributed by atoms with Gasteiger partial charge in [-0.25, -0.2) is 14.6 Å². The van der Waals surface area contributed by atoms with Gasteiger partial charge in [0.25, 0.3) is 0 Å². The number of nitrogens with one attached hydrogen (secondary N) is 3. The molecule has 14 nitrogen and oxygen atoms in total. The van der Waals surface area contributed by atoms with Crippen LogP contribution in [0, 0.1) is 6.92 Å².